The molecule has 7 heteroatoms. The monoisotopic (exact) mass is 396 g/mol. The summed E-state index contributed by atoms with van der Waals surface area (Å²) in [6.07, 6.45) is 0.429. The normalized spacial score (nSPS) is 11.1. The Bertz CT molecular complexity index is 307. The van der Waals surface area contributed by atoms with Crippen molar-refractivity contribution in [3.8, 4) is 0 Å². The molecule has 0 amide bonds. The Balaban J connectivity index is 5.30. The third kappa shape index (κ3) is 7.11. The maximum atomic E-state index is 11.6. The van der Waals surface area contributed by atoms with E-state index in [2.05, 4.69) is 0 Å². The fourth-order valence-electron chi connectivity index (χ4n) is 1.42. The van der Waals surface area contributed by atoms with Gasteiger partial charge in [-0.2, -0.15) is 0 Å². The van der Waals surface area contributed by atoms with Gasteiger partial charge in [0.05, 0.1) is 0 Å². The van der Waals surface area contributed by atoms with Crippen molar-refractivity contribution in [3.63, 3.8) is 0 Å². The molecule has 0 fully saturated rings. The number of rotatable bonds is 8. The van der Waals surface area contributed by atoms with Crippen molar-refractivity contribution in [2.24, 2.45) is 5.92 Å². The minimum atomic E-state index is -4.53. The molecule has 0 rings (SSSR count). The van der Waals surface area contributed by atoms with Gasteiger partial charge in [0.2, 0.25) is 0 Å². The molecule has 0 aromatic heterocycles. The van der Waals surface area contributed by atoms with Crippen molar-refractivity contribution in [1.29, 1.82) is 0 Å². The average molecular weight is 395 g/mol. The summed E-state index contributed by atoms with van der Waals surface area (Å²) in [5.41, 5.74) is 0. The molecule has 0 saturated heterocycles. The molecule has 0 spiro atoms. The summed E-state index contributed by atoms with van der Waals surface area (Å²) >= 11 is -4.53. The summed E-state index contributed by atoms with van der Waals surface area (Å²) in [4.78, 5) is 34.8. The van der Waals surface area contributed by atoms with E-state index in [1.54, 1.807) is 20.8 Å². The zero-order chi connectivity index (χ0) is 15.8. The van der Waals surface area contributed by atoms with Gasteiger partial charge in [0, 0.05) is 0 Å². The Hall–Kier alpha value is -0.791. The van der Waals surface area contributed by atoms with Gasteiger partial charge < -0.3 is 0 Å². The van der Waals surface area contributed by atoms with Crippen molar-refractivity contribution in [3.05, 3.63) is 0 Å². The predicted molar refractivity (Wildman–Crippen MR) is 74.5 cm³/mol. The van der Waals surface area contributed by atoms with E-state index in [-0.39, 0.29) is 25.2 Å². The van der Waals surface area contributed by atoms with Crippen molar-refractivity contribution in [2.75, 3.05) is 0 Å². The minimum absolute atomic E-state index is 0.0877. The molecular formula is C13H24O6Sn. The molecule has 116 valence electrons. The van der Waals surface area contributed by atoms with Crippen LogP contribution >= 0.6 is 0 Å². The molecule has 6 nitrogen and oxygen atoms in total. The molecule has 0 radical (unpaired) electrons. The van der Waals surface area contributed by atoms with Crippen LogP contribution in [0.15, 0.2) is 0 Å². The van der Waals surface area contributed by atoms with Gasteiger partial charge in [0.1, 0.15) is 0 Å². The summed E-state index contributed by atoms with van der Waals surface area (Å²) < 4.78 is 16.3. The molecule has 0 bridgehead atoms. The zero-order valence-corrected chi connectivity index (χ0v) is 15.7. The topological polar surface area (TPSA) is 78.9 Å². The van der Waals surface area contributed by atoms with E-state index in [4.69, 9.17) is 9.22 Å². The SMILES string of the molecule is CCC(=O)[O][Sn]([CH2]C(C)C)([O]C(=O)CC)[O]C(=O)CC. The molecular weight excluding hydrogens is 371 g/mol. The van der Waals surface area contributed by atoms with Gasteiger partial charge in [0.15, 0.2) is 0 Å². The van der Waals surface area contributed by atoms with Gasteiger partial charge >= 0.3 is 125 Å². The zero-order valence-electron chi connectivity index (χ0n) is 12.9. The van der Waals surface area contributed by atoms with Crippen LogP contribution < -0.4 is 0 Å². The summed E-state index contributed by atoms with van der Waals surface area (Å²) in [7, 11) is 0. The molecule has 0 unspecified atom stereocenters. The van der Waals surface area contributed by atoms with E-state index in [0.717, 1.165) is 0 Å². The van der Waals surface area contributed by atoms with E-state index in [1.807, 2.05) is 13.8 Å². The molecule has 0 aromatic carbocycles. The number of carbonyl (C=O) groups is 3. The average Bonchev–Trinajstić information content (AvgIpc) is 2.36. The second-order valence-corrected chi connectivity index (χ2v) is 11.6. The van der Waals surface area contributed by atoms with Crippen molar-refractivity contribution < 1.29 is 23.6 Å². The van der Waals surface area contributed by atoms with Gasteiger partial charge in [0.25, 0.3) is 0 Å². The maximum absolute atomic E-state index is 11.6. The van der Waals surface area contributed by atoms with Crippen molar-refractivity contribution in [2.45, 2.75) is 58.3 Å². The van der Waals surface area contributed by atoms with Crippen LogP contribution in [-0.2, 0) is 23.6 Å². The van der Waals surface area contributed by atoms with Crippen LogP contribution in [-0.4, -0.2) is 37.5 Å². The van der Waals surface area contributed by atoms with Crippen LogP contribution in [0, 0.1) is 5.92 Å². The van der Waals surface area contributed by atoms with E-state index in [0.29, 0.717) is 4.44 Å². The molecule has 0 aromatic rings. The quantitative estimate of drug-likeness (QED) is 0.588. The molecule has 0 saturated carbocycles. The summed E-state index contributed by atoms with van der Waals surface area (Å²) in [6.45, 7) is 8.70. The Morgan fingerprint density at radius 1 is 0.800 bits per heavy atom. The number of hydrogen-bond donors (Lipinski definition) is 0. The second kappa shape index (κ2) is 9.20. The number of carbonyl (C=O) groups excluding carboxylic acids is 3. The molecule has 20 heavy (non-hydrogen) atoms. The van der Waals surface area contributed by atoms with Crippen LogP contribution in [0.2, 0.25) is 4.44 Å². The first-order chi connectivity index (χ1) is 9.28. The van der Waals surface area contributed by atoms with Crippen LogP contribution in [0.3, 0.4) is 0 Å². The second-order valence-electron chi connectivity index (χ2n) is 4.76. The first-order valence-electron chi connectivity index (χ1n) is 6.94. The van der Waals surface area contributed by atoms with Crippen LogP contribution in [0.5, 0.6) is 0 Å². The van der Waals surface area contributed by atoms with Crippen LogP contribution in [0.25, 0.3) is 0 Å². The van der Waals surface area contributed by atoms with E-state index in [1.165, 1.54) is 0 Å². The standard InChI is InChI=1S/C4H9.3C3H6O2.Sn/c1-4(2)3;3*1-2-3(4)5;/h4H,1H2,2-3H3;3*2H2,1H3,(H,4,5);/q;;;;+3/p-3. The first kappa shape index (κ1) is 19.2. The molecule has 0 atom stereocenters. The number of hydrogen-bond acceptors (Lipinski definition) is 6. The van der Waals surface area contributed by atoms with Gasteiger partial charge in [-0.3, -0.25) is 0 Å². The van der Waals surface area contributed by atoms with E-state index < -0.39 is 37.5 Å². The van der Waals surface area contributed by atoms with Gasteiger partial charge in [-0.05, 0) is 0 Å². The summed E-state index contributed by atoms with van der Waals surface area (Å²) in [6, 6.07) is 0. The fraction of sp³-hybridized carbons (Fsp3) is 0.769. The fourth-order valence-corrected chi connectivity index (χ4v) is 9.55. The Labute approximate surface area is 125 Å². The Morgan fingerprint density at radius 3 is 1.30 bits per heavy atom. The molecule has 0 aliphatic carbocycles. The van der Waals surface area contributed by atoms with Crippen molar-refractivity contribution in [1.82, 2.24) is 0 Å². The van der Waals surface area contributed by atoms with E-state index in [9.17, 15) is 14.4 Å². The van der Waals surface area contributed by atoms with Gasteiger partial charge in [-0.1, -0.05) is 0 Å². The summed E-state index contributed by atoms with van der Waals surface area (Å²) in [5, 5.41) is 0. The van der Waals surface area contributed by atoms with E-state index >= 15 is 0 Å². The first-order valence-corrected chi connectivity index (χ1v) is 12.4. The van der Waals surface area contributed by atoms with Crippen LogP contribution in [0.4, 0.5) is 0 Å². The summed E-state index contributed by atoms with van der Waals surface area (Å²) in [5.74, 6) is -1.43. The van der Waals surface area contributed by atoms with Crippen LogP contribution in [0.1, 0.15) is 53.9 Å². The van der Waals surface area contributed by atoms with Gasteiger partial charge in [-0.25, -0.2) is 0 Å². The Kier molecular flexibility index (Phi) is 8.84. The van der Waals surface area contributed by atoms with Gasteiger partial charge in [-0.15, -0.1) is 0 Å². The molecule has 0 heterocycles. The third-order valence-electron chi connectivity index (χ3n) is 2.33. The third-order valence-corrected chi connectivity index (χ3v) is 10.7. The predicted octanol–water partition coefficient (Wildman–Crippen LogP) is 2.44. The molecule has 0 N–H and O–H groups in total. The molecule has 0 aliphatic heterocycles. The van der Waals surface area contributed by atoms with Crippen molar-refractivity contribution >= 4 is 37.5 Å². The Morgan fingerprint density at radius 2 is 1.10 bits per heavy atom. The molecule has 0 aliphatic rings.